The van der Waals surface area contributed by atoms with Gasteiger partial charge in [-0.3, -0.25) is 14.4 Å². The number of carbonyl (C=O) groups is 3. The molecule has 0 rings (SSSR count). The van der Waals surface area contributed by atoms with Crippen LogP contribution in [0.2, 0.25) is 0 Å². The Morgan fingerprint density at radius 2 is 0.656 bits per heavy atom. The highest BCUT2D eigenvalue weighted by Gasteiger charge is 2.19. The molecule has 0 amide bonds. The van der Waals surface area contributed by atoms with E-state index >= 15 is 0 Å². The van der Waals surface area contributed by atoms with Gasteiger partial charge in [-0.25, -0.2) is 0 Å². The molecule has 0 bridgehead atoms. The molecule has 0 heterocycles. The molecule has 0 radical (unpaired) electrons. The highest BCUT2D eigenvalue weighted by Crippen LogP contribution is 2.15. The summed E-state index contributed by atoms with van der Waals surface area (Å²) < 4.78 is 16.8. The van der Waals surface area contributed by atoms with Crippen LogP contribution in [-0.4, -0.2) is 37.2 Å². The lowest BCUT2D eigenvalue weighted by atomic mass is 10.0. The number of rotatable bonds is 48. The van der Waals surface area contributed by atoms with Crippen LogP contribution in [0.1, 0.15) is 258 Å². The molecule has 0 saturated heterocycles. The molecule has 64 heavy (non-hydrogen) atoms. The number of hydrogen-bond acceptors (Lipinski definition) is 6. The summed E-state index contributed by atoms with van der Waals surface area (Å²) in [7, 11) is 0. The lowest BCUT2D eigenvalue weighted by molar-refractivity contribution is -0.167. The van der Waals surface area contributed by atoms with Gasteiger partial charge in [-0.1, -0.05) is 229 Å². The summed E-state index contributed by atoms with van der Waals surface area (Å²) in [5.41, 5.74) is 0. The zero-order valence-electron chi connectivity index (χ0n) is 42.0. The monoisotopic (exact) mass is 893 g/mol. The smallest absolute Gasteiger partial charge is 0.306 e. The van der Waals surface area contributed by atoms with Gasteiger partial charge < -0.3 is 14.2 Å². The van der Waals surface area contributed by atoms with Crippen molar-refractivity contribution in [2.75, 3.05) is 13.2 Å². The predicted octanol–water partition coefficient (Wildman–Crippen LogP) is 17.8. The second-order valence-electron chi connectivity index (χ2n) is 17.8. The molecule has 6 nitrogen and oxygen atoms in total. The van der Waals surface area contributed by atoms with E-state index in [1.54, 1.807) is 0 Å². The Hall–Kier alpha value is -3.15. The summed E-state index contributed by atoms with van der Waals surface area (Å²) in [6.07, 6.45) is 65.9. The maximum absolute atomic E-state index is 12.8. The van der Waals surface area contributed by atoms with Crippen LogP contribution in [0.4, 0.5) is 0 Å². The van der Waals surface area contributed by atoms with Crippen molar-refractivity contribution in [3.05, 3.63) is 72.9 Å². The molecule has 1 unspecified atom stereocenters. The minimum atomic E-state index is -0.793. The summed E-state index contributed by atoms with van der Waals surface area (Å²) in [4.78, 5) is 38.0. The third kappa shape index (κ3) is 49.9. The zero-order valence-corrected chi connectivity index (χ0v) is 42.0. The van der Waals surface area contributed by atoms with Gasteiger partial charge in [-0.15, -0.1) is 0 Å². The summed E-state index contributed by atoms with van der Waals surface area (Å²) in [5.74, 6) is -0.927. The number of carbonyl (C=O) groups excluding carboxylic acids is 3. The van der Waals surface area contributed by atoms with Crippen LogP contribution >= 0.6 is 0 Å². The molecule has 6 heteroatoms. The predicted molar refractivity (Wildman–Crippen MR) is 274 cm³/mol. The molecule has 0 aliphatic heterocycles. The van der Waals surface area contributed by atoms with E-state index in [4.69, 9.17) is 14.2 Å². The molecule has 0 aromatic rings. The normalized spacial score (nSPS) is 12.6. The molecule has 0 aliphatic rings. The Kier molecular flexibility index (Phi) is 49.9. The third-order valence-corrected chi connectivity index (χ3v) is 11.5. The van der Waals surface area contributed by atoms with Gasteiger partial charge in [-0.05, 0) is 83.5 Å². The van der Waals surface area contributed by atoms with E-state index in [1.165, 1.54) is 116 Å². The molecule has 0 spiro atoms. The lowest BCUT2D eigenvalue weighted by Gasteiger charge is -2.18. The Balaban J connectivity index is 4.44. The summed E-state index contributed by atoms with van der Waals surface area (Å²) in [6, 6.07) is 0. The van der Waals surface area contributed by atoms with Gasteiger partial charge in [0.05, 0.1) is 0 Å². The van der Waals surface area contributed by atoms with Gasteiger partial charge in [-0.2, -0.15) is 0 Å². The first kappa shape index (κ1) is 60.9. The van der Waals surface area contributed by atoms with Crippen LogP contribution in [0.5, 0.6) is 0 Å². The van der Waals surface area contributed by atoms with Crippen LogP contribution in [-0.2, 0) is 28.6 Å². The van der Waals surface area contributed by atoms with E-state index in [1.807, 2.05) is 0 Å². The fourth-order valence-electron chi connectivity index (χ4n) is 7.42. The first-order valence-corrected chi connectivity index (χ1v) is 27.0. The first-order valence-electron chi connectivity index (χ1n) is 27.0. The van der Waals surface area contributed by atoms with Crippen molar-refractivity contribution in [3.63, 3.8) is 0 Å². The maximum Gasteiger partial charge on any atom is 0.306 e. The van der Waals surface area contributed by atoms with Gasteiger partial charge in [0, 0.05) is 19.3 Å². The fraction of sp³-hybridized carbons (Fsp3) is 0.741. The third-order valence-electron chi connectivity index (χ3n) is 11.5. The lowest BCUT2D eigenvalue weighted by Crippen LogP contribution is -2.30. The van der Waals surface area contributed by atoms with E-state index < -0.39 is 6.10 Å². The zero-order chi connectivity index (χ0) is 46.5. The van der Waals surface area contributed by atoms with E-state index in [2.05, 4.69) is 93.7 Å². The molecule has 0 aromatic heterocycles. The molecule has 0 aliphatic carbocycles. The van der Waals surface area contributed by atoms with E-state index in [0.717, 1.165) is 103 Å². The highest BCUT2D eigenvalue weighted by molar-refractivity contribution is 5.71. The number of hydrogen-bond donors (Lipinski definition) is 0. The van der Waals surface area contributed by atoms with Crippen molar-refractivity contribution in [1.29, 1.82) is 0 Å². The van der Waals surface area contributed by atoms with Crippen LogP contribution in [0.15, 0.2) is 72.9 Å². The average molecular weight is 893 g/mol. The molecule has 0 aromatic carbocycles. The van der Waals surface area contributed by atoms with Gasteiger partial charge in [0.1, 0.15) is 13.2 Å². The quantitative estimate of drug-likeness (QED) is 0.0199. The second kappa shape index (κ2) is 52.5. The molecular formula is C58H100O6. The summed E-state index contributed by atoms with van der Waals surface area (Å²) >= 11 is 0. The number of ether oxygens (including phenoxy) is 3. The maximum atomic E-state index is 12.8. The van der Waals surface area contributed by atoms with Crippen LogP contribution in [0.25, 0.3) is 0 Å². The summed E-state index contributed by atoms with van der Waals surface area (Å²) in [6.45, 7) is 6.47. The van der Waals surface area contributed by atoms with Crippen molar-refractivity contribution in [1.82, 2.24) is 0 Å². The molecule has 0 saturated carbocycles. The van der Waals surface area contributed by atoms with E-state index in [-0.39, 0.29) is 31.1 Å². The molecule has 1 atom stereocenters. The number of unbranched alkanes of at least 4 members (excludes halogenated alkanes) is 26. The van der Waals surface area contributed by atoms with Crippen molar-refractivity contribution >= 4 is 17.9 Å². The number of allylic oxidation sites excluding steroid dienone is 12. The van der Waals surface area contributed by atoms with Crippen molar-refractivity contribution < 1.29 is 28.6 Å². The Bertz CT molecular complexity index is 1210. The molecule has 0 fully saturated rings. The first-order chi connectivity index (χ1) is 31.5. The van der Waals surface area contributed by atoms with Gasteiger partial charge in [0.25, 0.3) is 0 Å². The minimum Gasteiger partial charge on any atom is -0.462 e. The number of esters is 3. The van der Waals surface area contributed by atoms with Crippen molar-refractivity contribution in [3.8, 4) is 0 Å². The van der Waals surface area contributed by atoms with E-state index in [0.29, 0.717) is 19.3 Å². The van der Waals surface area contributed by atoms with Crippen LogP contribution in [0, 0.1) is 0 Å². The Morgan fingerprint density at radius 3 is 1.09 bits per heavy atom. The van der Waals surface area contributed by atoms with Crippen LogP contribution < -0.4 is 0 Å². The topological polar surface area (TPSA) is 78.9 Å². The van der Waals surface area contributed by atoms with Crippen LogP contribution in [0.3, 0.4) is 0 Å². The SMILES string of the molecule is CC/C=C\C/C=C\C/C=C\C/C=C\CCCCCC(=O)OCC(COC(=O)CCCCCCCCCCCCCCCCC)OC(=O)CCCCCCCC/C=C\C=C/CCCCC. The highest BCUT2D eigenvalue weighted by atomic mass is 16.6. The second-order valence-corrected chi connectivity index (χ2v) is 17.8. The Labute approximate surface area is 395 Å². The molecular weight excluding hydrogens is 793 g/mol. The standard InChI is InChI=1S/C58H100O6/c1-4-7-10-13-16-19-22-25-28-31-33-36-39-42-45-48-51-57(60)63-54-55(64-58(61)52-49-46-43-40-37-34-30-27-24-21-18-15-12-9-6-3)53-62-56(59)50-47-44-41-38-35-32-29-26-23-20-17-14-11-8-5-2/h7,10,16,18-19,21,24-25,27-28,33,36,55H,4-6,8-9,11-15,17,20,22-23,26,29-32,34-35,37-54H2,1-3H3/b10-7-,19-16-,21-18-,27-24-,28-25-,36-33-. The van der Waals surface area contributed by atoms with Gasteiger partial charge >= 0.3 is 17.9 Å². The van der Waals surface area contributed by atoms with E-state index in [9.17, 15) is 14.4 Å². The van der Waals surface area contributed by atoms with Crippen molar-refractivity contribution in [2.45, 2.75) is 264 Å². The minimum absolute atomic E-state index is 0.0887. The average Bonchev–Trinajstić information content (AvgIpc) is 3.29. The molecule has 368 valence electrons. The summed E-state index contributed by atoms with van der Waals surface area (Å²) in [5, 5.41) is 0. The molecule has 0 N–H and O–H groups in total. The fourth-order valence-corrected chi connectivity index (χ4v) is 7.42. The largest absolute Gasteiger partial charge is 0.462 e. The van der Waals surface area contributed by atoms with Crippen molar-refractivity contribution in [2.24, 2.45) is 0 Å². The Morgan fingerprint density at radius 1 is 0.344 bits per heavy atom. The van der Waals surface area contributed by atoms with Gasteiger partial charge in [0.2, 0.25) is 0 Å². The van der Waals surface area contributed by atoms with Gasteiger partial charge in [0.15, 0.2) is 6.10 Å².